The number of nitrogens with zero attached hydrogens (tertiary/aromatic N) is 7. The topological polar surface area (TPSA) is 218 Å². The fourth-order valence-electron chi connectivity index (χ4n) is 11.3. The van der Waals surface area contributed by atoms with E-state index in [0.717, 1.165) is 114 Å². The number of nitrogens with one attached hydrogen (secondary N) is 5. The Morgan fingerprint density at radius 3 is 1.73 bits per heavy atom. The van der Waals surface area contributed by atoms with Crippen molar-refractivity contribution in [3.8, 4) is 0 Å². The Hall–Kier alpha value is -3.80. The summed E-state index contributed by atoms with van der Waals surface area (Å²) in [5, 5.41) is 29.2. The number of sulfonamides is 2. The first-order valence-electron chi connectivity index (χ1n) is 26.2. The van der Waals surface area contributed by atoms with E-state index < -0.39 is 28.1 Å². The molecule has 2 unspecified atom stereocenters. The van der Waals surface area contributed by atoms with Crippen LogP contribution in [-0.4, -0.2) is 143 Å². The predicted octanol–water partition coefficient (Wildman–Crippen LogP) is 5.45. The number of piperidine rings is 2. The lowest BCUT2D eigenvalue weighted by Gasteiger charge is -2.32. The number of benzene rings is 2. The molecule has 4 heterocycles. The average Bonchev–Trinajstić information content (AvgIpc) is 4.20. The molecular formula is C50H81N12O6S2Si+. The zero-order valence-electron chi connectivity index (χ0n) is 43.4. The quantitative estimate of drug-likeness (QED) is 0.0469. The largest absolute Gasteiger partial charge is 0.419 e. The van der Waals surface area contributed by atoms with E-state index in [0.29, 0.717) is 50.6 Å². The van der Waals surface area contributed by atoms with Crippen LogP contribution in [0.15, 0.2) is 22.4 Å². The average molecular weight is 1040 g/mol. The van der Waals surface area contributed by atoms with Crippen LogP contribution in [0.3, 0.4) is 0 Å². The van der Waals surface area contributed by atoms with E-state index >= 15 is 0 Å². The zero-order valence-corrected chi connectivity index (χ0v) is 46.1. The lowest BCUT2D eigenvalue weighted by atomic mass is 9.99. The summed E-state index contributed by atoms with van der Waals surface area (Å²) in [5.74, 6) is 1.11. The van der Waals surface area contributed by atoms with E-state index in [-0.39, 0.29) is 29.6 Å². The van der Waals surface area contributed by atoms with Gasteiger partial charge in [-0.05, 0) is 198 Å². The van der Waals surface area contributed by atoms with Gasteiger partial charge >= 0.3 is 11.1 Å². The maximum absolute atomic E-state index is 13.6. The Bertz CT molecular complexity index is 2640. The molecule has 4 aromatic rings. The van der Waals surface area contributed by atoms with Crippen molar-refractivity contribution in [1.82, 2.24) is 44.1 Å². The summed E-state index contributed by atoms with van der Waals surface area (Å²) in [6, 6.07) is 5.80. The van der Waals surface area contributed by atoms with Crippen LogP contribution in [0, 0.1) is 11.8 Å². The van der Waals surface area contributed by atoms with Crippen molar-refractivity contribution in [2.45, 2.75) is 145 Å². The second kappa shape index (κ2) is 23.2. The van der Waals surface area contributed by atoms with E-state index in [9.17, 15) is 21.9 Å². The summed E-state index contributed by atoms with van der Waals surface area (Å²) in [6.07, 6.45) is 16.7. The summed E-state index contributed by atoms with van der Waals surface area (Å²) in [5.41, 5.74) is 13.3. The van der Waals surface area contributed by atoms with Gasteiger partial charge in [-0.3, -0.25) is 0 Å². The zero-order chi connectivity index (χ0) is 50.5. The SMILES string of the molecule is CN(C)CC1CCCN(S(=O)(=O)c2nc(Nc3c4c(cc5c3CCC5)CCC4)n[nH]2)C1.CNC.C[Si](C)(C)CCOC[n+]1[nH]c(S(=O)(=O)N2CCCC(CO)C2)nc1Nc1c2c(cc3c1CCC3)CCC2. The molecule has 4 aliphatic carbocycles. The fraction of sp³-hybridized carbons (Fsp3) is 0.680. The molecule has 71 heavy (non-hydrogen) atoms. The highest BCUT2D eigenvalue weighted by molar-refractivity contribution is 7.89. The van der Waals surface area contributed by atoms with Crippen LogP contribution in [0.25, 0.3) is 0 Å². The number of aryl methyl sites for hydroxylation is 4. The number of rotatable bonds is 16. The Morgan fingerprint density at radius 2 is 1.23 bits per heavy atom. The molecule has 6 N–H and O–H groups in total. The Balaban J connectivity index is 0.000000183. The second-order valence-corrected chi connectivity index (χ2v) is 31.3. The molecular weight excluding hydrogens is 957 g/mol. The summed E-state index contributed by atoms with van der Waals surface area (Å²) in [6.45, 7) is 10.5. The van der Waals surface area contributed by atoms with Gasteiger partial charge in [0.2, 0.25) is 5.95 Å². The van der Waals surface area contributed by atoms with E-state index in [1.165, 1.54) is 61.7 Å². The monoisotopic (exact) mass is 1040 g/mol. The number of anilines is 4. The number of aromatic nitrogens is 6. The van der Waals surface area contributed by atoms with Gasteiger partial charge in [0.05, 0.1) is 0 Å². The molecule has 10 rings (SSSR count). The van der Waals surface area contributed by atoms with Crippen LogP contribution in [0.1, 0.15) is 95.9 Å². The number of aliphatic hydroxyl groups is 1. The molecule has 392 valence electrons. The van der Waals surface area contributed by atoms with Crippen molar-refractivity contribution in [3.63, 3.8) is 0 Å². The Kier molecular flexibility index (Phi) is 17.5. The number of ether oxygens (including phenoxy) is 1. The number of H-pyrrole nitrogens is 2. The number of hydrogen-bond acceptors (Lipinski definition) is 13. The van der Waals surface area contributed by atoms with Crippen LogP contribution >= 0.6 is 0 Å². The first-order valence-corrected chi connectivity index (χ1v) is 32.8. The van der Waals surface area contributed by atoms with Crippen LogP contribution in [0.2, 0.25) is 25.7 Å². The lowest BCUT2D eigenvalue weighted by Crippen LogP contribution is -2.43. The molecule has 2 saturated heterocycles. The third kappa shape index (κ3) is 12.6. The number of hydrogen-bond donors (Lipinski definition) is 6. The second-order valence-electron chi connectivity index (χ2n) is 22.0. The van der Waals surface area contributed by atoms with E-state index in [4.69, 9.17) is 4.74 Å². The van der Waals surface area contributed by atoms with Gasteiger partial charge in [-0.2, -0.15) is 13.6 Å². The standard InChI is InChI=1S/C26H41N5O4SSi.C22H32N6O2S.C2H7N/c1-37(2,3)14-13-35-18-31-25(27-24-22-10-4-8-20(22)15-21-9-5-11-23(21)24)28-26(29-31)36(33,34)30-12-6-7-19(16-30)17-32;1-27(2)13-15-6-5-11-28(14-15)31(29,30)22-24-21(25-26-22)23-20-18-9-3-7-16(18)12-17-8-4-10-19(17)20;1-3-2/h15,19,32H,4-14,16-18H2,1-3H3,(H,27,28,29);12,15H,3-11,13-14H2,1-2H3,(H2,23,24,25,26);3H,1-2H3/p+1. The maximum Gasteiger partial charge on any atom is 0.419 e. The fourth-order valence-corrected chi connectivity index (χ4v) is 14.9. The third-order valence-corrected chi connectivity index (χ3v) is 19.9. The van der Waals surface area contributed by atoms with Crippen LogP contribution in [-0.2, 0) is 82.9 Å². The van der Waals surface area contributed by atoms with Crippen molar-refractivity contribution in [2.24, 2.45) is 11.8 Å². The van der Waals surface area contributed by atoms with Gasteiger partial charge in [-0.25, -0.2) is 32.3 Å². The number of aromatic amines is 2. The van der Waals surface area contributed by atoms with Crippen molar-refractivity contribution in [3.05, 3.63) is 56.6 Å². The summed E-state index contributed by atoms with van der Waals surface area (Å²) in [4.78, 5) is 11.1. The molecule has 2 fully saturated rings. The van der Waals surface area contributed by atoms with E-state index in [1.807, 2.05) is 28.2 Å². The van der Waals surface area contributed by atoms with E-state index in [2.05, 4.69) is 77.9 Å². The van der Waals surface area contributed by atoms with Gasteiger partial charge < -0.3 is 25.4 Å². The highest BCUT2D eigenvalue weighted by Gasteiger charge is 2.38. The van der Waals surface area contributed by atoms with Gasteiger partial charge in [-0.15, -0.1) is 9.78 Å². The van der Waals surface area contributed by atoms with Crippen LogP contribution in [0.4, 0.5) is 23.3 Å². The van der Waals surface area contributed by atoms with Gasteiger partial charge in [0.15, 0.2) is 6.73 Å². The number of fused-ring (bicyclic) bond motifs is 4. The molecule has 2 aromatic heterocycles. The van der Waals surface area contributed by atoms with Crippen LogP contribution < -0.4 is 20.6 Å². The third-order valence-electron chi connectivity index (χ3n) is 14.8. The molecule has 0 bridgehead atoms. The Labute approximate surface area is 423 Å². The van der Waals surface area contributed by atoms with Crippen molar-refractivity contribution in [1.29, 1.82) is 0 Å². The smallest absolute Gasteiger partial charge is 0.396 e. The highest BCUT2D eigenvalue weighted by Crippen LogP contribution is 2.41. The highest BCUT2D eigenvalue weighted by atomic mass is 32.2. The predicted molar refractivity (Wildman–Crippen MR) is 280 cm³/mol. The number of aliphatic hydroxyl groups excluding tert-OH is 1. The molecule has 2 atom stereocenters. The van der Waals surface area contributed by atoms with Gasteiger partial charge in [0, 0.05) is 59.7 Å². The van der Waals surface area contributed by atoms with Crippen LogP contribution in [0.5, 0.6) is 0 Å². The molecule has 0 saturated carbocycles. The van der Waals surface area contributed by atoms with Crippen molar-refractivity contribution >= 4 is 51.4 Å². The normalized spacial score (nSPS) is 20.2. The minimum absolute atomic E-state index is 0.00780. The van der Waals surface area contributed by atoms with Gasteiger partial charge in [0.1, 0.15) is 5.69 Å². The maximum atomic E-state index is 13.6. The van der Waals surface area contributed by atoms with E-state index in [1.54, 1.807) is 8.99 Å². The molecule has 0 radical (unpaired) electrons. The Morgan fingerprint density at radius 1 is 0.732 bits per heavy atom. The minimum Gasteiger partial charge on any atom is -0.396 e. The first kappa shape index (κ1) is 53.5. The van der Waals surface area contributed by atoms with Crippen molar-refractivity contribution in [2.75, 3.05) is 84.8 Å². The molecule has 2 aromatic carbocycles. The van der Waals surface area contributed by atoms with Crippen molar-refractivity contribution < 1.29 is 31.4 Å². The summed E-state index contributed by atoms with van der Waals surface area (Å²) >= 11 is 0. The molecule has 21 heteroatoms. The lowest BCUT2D eigenvalue weighted by molar-refractivity contribution is -0.772. The molecule has 0 amide bonds. The minimum atomic E-state index is -3.83. The molecule has 0 spiro atoms. The first-order chi connectivity index (χ1) is 34.0. The van der Waals surface area contributed by atoms with Gasteiger partial charge in [-0.1, -0.05) is 31.8 Å². The molecule has 18 nitrogen and oxygen atoms in total. The molecule has 2 aliphatic heterocycles. The molecule has 6 aliphatic rings. The summed E-state index contributed by atoms with van der Waals surface area (Å²) in [7, 11) is -0.956. The summed E-state index contributed by atoms with van der Waals surface area (Å²) < 4.78 is 64.3. The van der Waals surface area contributed by atoms with Gasteiger partial charge in [0.25, 0.3) is 25.2 Å².